The summed E-state index contributed by atoms with van der Waals surface area (Å²) < 4.78 is 6.13. The molecule has 0 aliphatic rings. The van der Waals surface area contributed by atoms with Crippen molar-refractivity contribution in [3.8, 4) is 0 Å². The van der Waals surface area contributed by atoms with E-state index in [-0.39, 0.29) is 6.61 Å². The van der Waals surface area contributed by atoms with Gasteiger partial charge in [0.2, 0.25) is 0 Å². The molecule has 4 nitrogen and oxygen atoms in total. The third-order valence-electron chi connectivity index (χ3n) is 4.54. The minimum atomic E-state index is -1.78. The first kappa shape index (κ1) is 19.5. The van der Waals surface area contributed by atoms with Crippen molar-refractivity contribution in [2.75, 3.05) is 6.61 Å². The van der Waals surface area contributed by atoms with Gasteiger partial charge < -0.3 is 14.9 Å². The number of hydrogen-bond acceptors (Lipinski definition) is 3. The molecule has 0 heterocycles. The molecule has 0 bridgehead atoms. The van der Waals surface area contributed by atoms with Gasteiger partial charge in [-0.1, -0.05) is 103 Å². The second-order valence-electron chi connectivity index (χ2n) is 6.33. The van der Waals surface area contributed by atoms with E-state index < -0.39 is 17.7 Å². The molecule has 0 aliphatic carbocycles. The van der Waals surface area contributed by atoms with Crippen LogP contribution in [0.3, 0.4) is 0 Å². The fourth-order valence-electron chi connectivity index (χ4n) is 3.20. The molecule has 0 aliphatic heterocycles. The molecule has 0 spiro atoms. The van der Waals surface area contributed by atoms with Crippen molar-refractivity contribution in [3.05, 3.63) is 114 Å². The van der Waals surface area contributed by atoms with Gasteiger partial charge in [0.05, 0.1) is 6.61 Å². The van der Waals surface area contributed by atoms with Gasteiger partial charge in [0, 0.05) is 0 Å². The first-order chi connectivity index (χ1) is 13.6. The van der Waals surface area contributed by atoms with Gasteiger partial charge in [-0.25, -0.2) is 4.79 Å². The van der Waals surface area contributed by atoms with Crippen LogP contribution in [0.15, 0.2) is 97.1 Å². The number of carbonyl (C=O) groups is 1. The molecule has 2 N–H and O–H groups in total. The van der Waals surface area contributed by atoms with Gasteiger partial charge >= 0.3 is 5.97 Å². The Bertz CT molecular complexity index is 866. The molecule has 0 fully saturated rings. The molecule has 142 valence electrons. The topological polar surface area (TPSA) is 66.8 Å². The summed E-state index contributed by atoms with van der Waals surface area (Å²) in [6.45, 7) is 0.128. The maximum Gasteiger partial charge on any atom is 0.336 e. The average molecular weight is 374 g/mol. The summed E-state index contributed by atoms with van der Waals surface area (Å²) in [5, 5.41) is 20.3. The van der Waals surface area contributed by atoms with Crippen LogP contribution in [0.2, 0.25) is 0 Å². The summed E-state index contributed by atoms with van der Waals surface area (Å²) in [7, 11) is 0. The van der Waals surface area contributed by atoms with E-state index in [4.69, 9.17) is 4.74 Å². The summed E-state index contributed by atoms with van der Waals surface area (Å²) in [6.07, 6.45) is 1.93. The van der Waals surface area contributed by atoms with Gasteiger partial charge in [-0.3, -0.25) is 0 Å². The molecule has 0 amide bonds. The van der Waals surface area contributed by atoms with Crippen molar-refractivity contribution < 1.29 is 19.7 Å². The highest BCUT2D eigenvalue weighted by Gasteiger charge is 2.46. The highest BCUT2D eigenvalue weighted by molar-refractivity contribution is 5.75. The summed E-state index contributed by atoms with van der Waals surface area (Å²) in [5.41, 5.74) is 0.623. The lowest BCUT2D eigenvalue weighted by Gasteiger charge is -2.37. The number of carboxylic acid groups (broad SMARTS) is 1. The first-order valence-corrected chi connectivity index (χ1v) is 9.02. The third-order valence-corrected chi connectivity index (χ3v) is 4.54. The zero-order valence-corrected chi connectivity index (χ0v) is 15.3. The lowest BCUT2D eigenvalue weighted by atomic mass is 9.81. The third kappa shape index (κ3) is 4.19. The number of aliphatic hydroxyl groups excluding tert-OH is 1. The minimum absolute atomic E-state index is 0.128. The molecule has 0 saturated carbocycles. The minimum Gasteiger partial charge on any atom is -0.479 e. The normalized spacial score (nSPS) is 12.8. The van der Waals surface area contributed by atoms with Crippen LogP contribution in [0.4, 0.5) is 0 Å². The van der Waals surface area contributed by atoms with E-state index >= 15 is 0 Å². The number of ether oxygens (including phenoxy) is 1. The molecule has 0 radical (unpaired) electrons. The number of aliphatic carboxylic acids is 1. The van der Waals surface area contributed by atoms with E-state index in [0.29, 0.717) is 11.1 Å². The Morgan fingerprint density at radius 2 is 1.32 bits per heavy atom. The van der Waals surface area contributed by atoms with Crippen LogP contribution in [0, 0.1) is 0 Å². The molecule has 3 aromatic rings. The van der Waals surface area contributed by atoms with Crippen molar-refractivity contribution in [2.45, 2.75) is 11.7 Å². The lowest BCUT2D eigenvalue weighted by molar-refractivity contribution is -0.165. The van der Waals surface area contributed by atoms with Crippen LogP contribution in [0.25, 0.3) is 6.08 Å². The maximum atomic E-state index is 11.8. The van der Waals surface area contributed by atoms with Crippen LogP contribution in [-0.4, -0.2) is 28.9 Å². The highest BCUT2D eigenvalue weighted by Crippen LogP contribution is 2.37. The second kappa shape index (κ2) is 9.13. The van der Waals surface area contributed by atoms with E-state index in [2.05, 4.69) is 0 Å². The zero-order chi connectivity index (χ0) is 19.8. The number of carboxylic acids is 1. The Hall–Kier alpha value is -3.21. The van der Waals surface area contributed by atoms with E-state index in [1.165, 1.54) is 0 Å². The van der Waals surface area contributed by atoms with E-state index in [1.807, 2.05) is 54.6 Å². The summed E-state index contributed by atoms with van der Waals surface area (Å²) >= 11 is 0. The number of aliphatic hydroxyl groups is 1. The van der Waals surface area contributed by atoms with Crippen molar-refractivity contribution in [1.82, 2.24) is 0 Å². The molecule has 28 heavy (non-hydrogen) atoms. The SMILES string of the molecule is O=C(O)C(O)C(OCC=Cc1ccccc1)(c1ccccc1)c1ccccc1. The maximum absolute atomic E-state index is 11.8. The smallest absolute Gasteiger partial charge is 0.336 e. The molecule has 1 atom stereocenters. The van der Waals surface area contributed by atoms with Crippen molar-refractivity contribution >= 4 is 12.0 Å². The fourth-order valence-corrected chi connectivity index (χ4v) is 3.20. The Morgan fingerprint density at radius 3 is 1.79 bits per heavy atom. The predicted molar refractivity (Wildman–Crippen MR) is 109 cm³/mol. The standard InChI is InChI=1S/C24H22O4/c25-22(23(26)27)24(20-14-6-2-7-15-20,21-16-8-3-9-17-21)28-18-10-13-19-11-4-1-5-12-19/h1-17,22,25H,18H2,(H,26,27). The largest absolute Gasteiger partial charge is 0.479 e. The second-order valence-corrected chi connectivity index (χ2v) is 6.33. The average Bonchev–Trinajstić information content (AvgIpc) is 2.75. The molecule has 0 saturated heterocycles. The van der Waals surface area contributed by atoms with Crippen LogP contribution in [0.1, 0.15) is 16.7 Å². The van der Waals surface area contributed by atoms with Crippen LogP contribution in [-0.2, 0) is 15.1 Å². The molecular formula is C24H22O4. The number of benzene rings is 3. The lowest BCUT2D eigenvalue weighted by Crippen LogP contribution is -2.47. The van der Waals surface area contributed by atoms with E-state index in [0.717, 1.165) is 5.56 Å². The number of hydrogen-bond donors (Lipinski definition) is 2. The summed E-state index contributed by atoms with van der Waals surface area (Å²) in [4.78, 5) is 11.8. The van der Waals surface area contributed by atoms with Gasteiger partial charge in [0.25, 0.3) is 0 Å². The molecule has 0 aromatic heterocycles. The van der Waals surface area contributed by atoms with Gasteiger partial charge in [0.15, 0.2) is 11.7 Å². The van der Waals surface area contributed by atoms with E-state index in [1.54, 1.807) is 48.5 Å². The van der Waals surface area contributed by atoms with Crippen LogP contribution < -0.4 is 0 Å². The monoisotopic (exact) mass is 374 g/mol. The Balaban J connectivity index is 2.00. The molecule has 3 aromatic carbocycles. The fraction of sp³-hybridized carbons (Fsp3) is 0.125. The van der Waals surface area contributed by atoms with Crippen LogP contribution in [0.5, 0.6) is 0 Å². The van der Waals surface area contributed by atoms with Gasteiger partial charge in [-0.2, -0.15) is 0 Å². The predicted octanol–water partition coefficient (Wildman–Crippen LogP) is 4.11. The quantitative estimate of drug-likeness (QED) is 0.623. The Kier molecular flexibility index (Phi) is 6.37. The molecular weight excluding hydrogens is 352 g/mol. The van der Waals surface area contributed by atoms with Crippen molar-refractivity contribution in [3.63, 3.8) is 0 Å². The molecule has 3 rings (SSSR count). The van der Waals surface area contributed by atoms with Gasteiger partial charge in [0.1, 0.15) is 0 Å². The number of rotatable bonds is 8. The van der Waals surface area contributed by atoms with E-state index in [9.17, 15) is 15.0 Å². The summed E-state index contributed by atoms with van der Waals surface area (Å²) in [6, 6.07) is 27.6. The Morgan fingerprint density at radius 1 is 0.857 bits per heavy atom. The van der Waals surface area contributed by atoms with Gasteiger partial charge in [-0.05, 0) is 16.7 Å². The summed E-state index contributed by atoms with van der Waals surface area (Å²) in [5.74, 6) is -1.35. The molecule has 1 unspecified atom stereocenters. The van der Waals surface area contributed by atoms with Gasteiger partial charge in [-0.15, -0.1) is 0 Å². The van der Waals surface area contributed by atoms with Crippen molar-refractivity contribution in [1.29, 1.82) is 0 Å². The Labute approximate surface area is 164 Å². The first-order valence-electron chi connectivity index (χ1n) is 9.02. The zero-order valence-electron chi connectivity index (χ0n) is 15.3. The molecule has 4 heteroatoms. The van der Waals surface area contributed by atoms with Crippen molar-refractivity contribution in [2.24, 2.45) is 0 Å². The highest BCUT2D eigenvalue weighted by atomic mass is 16.5. The van der Waals surface area contributed by atoms with Crippen LogP contribution >= 0.6 is 0 Å².